The summed E-state index contributed by atoms with van der Waals surface area (Å²) >= 11 is 0. The third-order valence-electron chi connectivity index (χ3n) is 4.05. The molecule has 0 spiro atoms. The van der Waals surface area contributed by atoms with Crippen LogP contribution in [0.3, 0.4) is 0 Å². The first kappa shape index (κ1) is 12.6. The molecule has 1 saturated heterocycles. The fourth-order valence-electron chi connectivity index (χ4n) is 3.03. The number of nitrogens with zero attached hydrogens (tertiary/aromatic N) is 3. The van der Waals surface area contributed by atoms with Crippen LogP contribution in [-0.2, 0) is 6.54 Å². The molecular weight excluding hydrogens is 264 g/mol. The van der Waals surface area contributed by atoms with Crippen LogP contribution in [-0.4, -0.2) is 21.1 Å². The smallest absolute Gasteiger partial charge is 0.160 e. The van der Waals surface area contributed by atoms with E-state index in [-0.39, 0.29) is 0 Å². The van der Waals surface area contributed by atoms with E-state index in [0.717, 1.165) is 35.7 Å². The Morgan fingerprint density at radius 1 is 1.29 bits per heavy atom. The number of rotatable bonds is 3. The maximum atomic E-state index is 5.50. The van der Waals surface area contributed by atoms with Gasteiger partial charge in [0.2, 0.25) is 0 Å². The fourth-order valence-corrected chi connectivity index (χ4v) is 3.03. The SMILES string of the molecule is c1coc(Cn2c(C3CCCCN3)nc3cccnc32)c1. The summed E-state index contributed by atoms with van der Waals surface area (Å²) in [5.41, 5.74) is 1.88. The molecule has 4 heterocycles. The van der Waals surface area contributed by atoms with Gasteiger partial charge in [0, 0.05) is 6.20 Å². The average molecular weight is 282 g/mol. The predicted octanol–water partition coefficient (Wildman–Crippen LogP) is 2.89. The van der Waals surface area contributed by atoms with Gasteiger partial charge in [-0.25, -0.2) is 9.97 Å². The predicted molar refractivity (Wildman–Crippen MR) is 79.9 cm³/mol. The maximum absolute atomic E-state index is 5.50. The zero-order valence-electron chi connectivity index (χ0n) is 11.8. The third kappa shape index (κ3) is 2.34. The minimum absolute atomic E-state index is 0.308. The highest BCUT2D eigenvalue weighted by Gasteiger charge is 2.22. The molecule has 1 aliphatic rings. The van der Waals surface area contributed by atoms with Crippen LogP contribution in [0.15, 0.2) is 41.1 Å². The fraction of sp³-hybridized carbons (Fsp3) is 0.375. The van der Waals surface area contributed by atoms with Crippen molar-refractivity contribution in [3.05, 3.63) is 48.3 Å². The molecule has 1 fully saturated rings. The summed E-state index contributed by atoms with van der Waals surface area (Å²) in [5, 5.41) is 3.57. The van der Waals surface area contributed by atoms with Gasteiger partial charge in [-0.15, -0.1) is 0 Å². The number of piperidine rings is 1. The van der Waals surface area contributed by atoms with E-state index in [1.165, 1.54) is 12.8 Å². The molecule has 4 rings (SSSR count). The number of fused-ring (bicyclic) bond motifs is 1. The molecular formula is C16H18N4O. The first-order valence-corrected chi connectivity index (χ1v) is 7.49. The lowest BCUT2D eigenvalue weighted by Gasteiger charge is -2.23. The average Bonchev–Trinajstić information content (AvgIpc) is 3.17. The Morgan fingerprint density at radius 3 is 3.10 bits per heavy atom. The maximum Gasteiger partial charge on any atom is 0.160 e. The van der Waals surface area contributed by atoms with Gasteiger partial charge in [0.1, 0.15) is 17.1 Å². The van der Waals surface area contributed by atoms with Crippen molar-refractivity contribution in [3.63, 3.8) is 0 Å². The number of hydrogen-bond acceptors (Lipinski definition) is 4. The largest absolute Gasteiger partial charge is 0.467 e. The van der Waals surface area contributed by atoms with Gasteiger partial charge in [0.05, 0.1) is 18.8 Å². The van der Waals surface area contributed by atoms with E-state index in [1.54, 1.807) is 6.26 Å². The number of aromatic nitrogens is 3. The van der Waals surface area contributed by atoms with E-state index in [1.807, 2.05) is 30.5 Å². The second kappa shape index (κ2) is 5.33. The van der Waals surface area contributed by atoms with Gasteiger partial charge in [-0.1, -0.05) is 6.42 Å². The van der Waals surface area contributed by atoms with Crippen molar-refractivity contribution in [2.24, 2.45) is 0 Å². The van der Waals surface area contributed by atoms with Gasteiger partial charge in [-0.3, -0.25) is 0 Å². The second-order valence-electron chi connectivity index (χ2n) is 5.48. The summed E-state index contributed by atoms with van der Waals surface area (Å²) in [6, 6.07) is 8.17. The van der Waals surface area contributed by atoms with E-state index >= 15 is 0 Å². The van der Waals surface area contributed by atoms with Crippen molar-refractivity contribution in [1.82, 2.24) is 19.9 Å². The summed E-state index contributed by atoms with van der Waals surface area (Å²) in [5.74, 6) is 2.00. The van der Waals surface area contributed by atoms with E-state index in [0.29, 0.717) is 12.6 Å². The Hall–Kier alpha value is -2.14. The molecule has 5 heteroatoms. The molecule has 3 aromatic rings. The summed E-state index contributed by atoms with van der Waals surface area (Å²) < 4.78 is 7.68. The van der Waals surface area contributed by atoms with Gasteiger partial charge in [-0.05, 0) is 43.7 Å². The minimum Gasteiger partial charge on any atom is -0.467 e. The van der Waals surface area contributed by atoms with E-state index < -0.39 is 0 Å². The van der Waals surface area contributed by atoms with Crippen LogP contribution >= 0.6 is 0 Å². The molecule has 1 atom stereocenters. The first-order valence-electron chi connectivity index (χ1n) is 7.49. The van der Waals surface area contributed by atoms with Gasteiger partial charge in [0.15, 0.2) is 5.65 Å². The first-order chi connectivity index (χ1) is 10.4. The second-order valence-corrected chi connectivity index (χ2v) is 5.48. The molecule has 3 aromatic heterocycles. The van der Waals surface area contributed by atoms with Crippen LogP contribution in [0.25, 0.3) is 11.2 Å². The van der Waals surface area contributed by atoms with Gasteiger partial charge in [0.25, 0.3) is 0 Å². The standard InChI is InChI=1S/C16H18N4O/c1-2-8-17-13(6-1)16-19-14-7-3-9-18-15(14)20(16)11-12-5-4-10-21-12/h3-5,7,9-10,13,17H,1-2,6,8,11H2. The molecule has 1 unspecified atom stereocenters. The van der Waals surface area contributed by atoms with Gasteiger partial charge < -0.3 is 14.3 Å². The summed E-state index contributed by atoms with van der Waals surface area (Å²) in [6.07, 6.45) is 7.14. The highest BCUT2D eigenvalue weighted by atomic mass is 16.3. The van der Waals surface area contributed by atoms with Gasteiger partial charge >= 0.3 is 0 Å². The quantitative estimate of drug-likeness (QED) is 0.802. The number of imidazole rings is 1. The molecule has 0 amide bonds. The Morgan fingerprint density at radius 2 is 2.29 bits per heavy atom. The van der Waals surface area contributed by atoms with Crippen molar-refractivity contribution < 1.29 is 4.42 Å². The van der Waals surface area contributed by atoms with Crippen LogP contribution in [0.1, 0.15) is 36.9 Å². The van der Waals surface area contributed by atoms with E-state index in [4.69, 9.17) is 9.40 Å². The van der Waals surface area contributed by atoms with Crippen molar-refractivity contribution in [2.75, 3.05) is 6.54 Å². The Labute approximate surface area is 123 Å². The summed E-state index contributed by atoms with van der Waals surface area (Å²) in [6.45, 7) is 1.73. The molecule has 0 aromatic carbocycles. The Balaban J connectivity index is 1.80. The number of pyridine rings is 1. The van der Waals surface area contributed by atoms with E-state index in [2.05, 4.69) is 14.9 Å². The van der Waals surface area contributed by atoms with Crippen LogP contribution in [0.2, 0.25) is 0 Å². The lowest BCUT2D eigenvalue weighted by molar-refractivity contribution is 0.384. The topological polar surface area (TPSA) is 55.9 Å². The summed E-state index contributed by atoms with van der Waals surface area (Å²) in [4.78, 5) is 9.32. The zero-order valence-corrected chi connectivity index (χ0v) is 11.8. The molecule has 0 radical (unpaired) electrons. The van der Waals surface area contributed by atoms with Gasteiger partial charge in [-0.2, -0.15) is 0 Å². The molecule has 1 aliphatic heterocycles. The monoisotopic (exact) mass is 282 g/mol. The molecule has 0 saturated carbocycles. The normalized spacial score (nSPS) is 19.1. The Bertz CT molecular complexity index is 726. The summed E-state index contributed by atoms with van der Waals surface area (Å²) in [7, 11) is 0. The van der Waals surface area contributed by atoms with Crippen molar-refractivity contribution in [1.29, 1.82) is 0 Å². The van der Waals surface area contributed by atoms with Crippen LogP contribution in [0, 0.1) is 0 Å². The minimum atomic E-state index is 0.308. The number of hydrogen-bond donors (Lipinski definition) is 1. The van der Waals surface area contributed by atoms with Crippen LogP contribution < -0.4 is 5.32 Å². The van der Waals surface area contributed by atoms with Crippen molar-refractivity contribution in [3.8, 4) is 0 Å². The number of nitrogens with one attached hydrogen (secondary N) is 1. The lowest BCUT2D eigenvalue weighted by atomic mass is 10.0. The highest BCUT2D eigenvalue weighted by Crippen LogP contribution is 2.26. The van der Waals surface area contributed by atoms with E-state index in [9.17, 15) is 0 Å². The lowest BCUT2D eigenvalue weighted by Crippen LogP contribution is -2.29. The molecule has 5 nitrogen and oxygen atoms in total. The number of furan rings is 1. The molecule has 0 bridgehead atoms. The van der Waals surface area contributed by atoms with Crippen LogP contribution in [0.4, 0.5) is 0 Å². The van der Waals surface area contributed by atoms with Crippen LogP contribution in [0.5, 0.6) is 0 Å². The third-order valence-corrected chi connectivity index (χ3v) is 4.05. The zero-order chi connectivity index (χ0) is 14.1. The van der Waals surface area contributed by atoms with Crippen molar-refractivity contribution in [2.45, 2.75) is 31.8 Å². The molecule has 21 heavy (non-hydrogen) atoms. The van der Waals surface area contributed by atoms with Crippen molar-refractivity contribution >= 4 is 11.2 Å². The highest BCUT2D eigenvalue weighted by molar-refractivity contribution is 5.71. The molecule has 1 N–H and O–H groups in total. The Kier molecular flexibility index (Phi) is 3.20. The molecule has 0 aliphatic carbocycles. The molecule has 108 valence electrons.